The van der Waals surface area contributed by atoms with Crippen molar-refractivity contribution in [3.8, 4) is 24.7 Å². The molecule has 0 fully saturated rings. The summed E-state index contributed by atoms with van der Waals surface area (Å²) in [5.41, 5.74) is 0.991. The van der Waals surface area contributed by atoms with Crippen molar-refractivity contribution < 1.29 is 0 Å². The molecule has 0 spiro atoms. The first-order valence-corrected chi connectivity index (χ1v) is 4.53. The number of terminal acetylenes is 2. The Bertz CT molecular complexity index is 351. The van der Waals surface area contributed by atoms with Crippen molar-refractivity contribution in [3.05, 3.63) is 29.3 Å². The standard InChI is InChI=1S/C12H10ClN/c1-3-9-14(10-4-2)12-7-5-11(13)6-8-12/h1-2,5-8H,9-10H2. The van der Waals surface area contributed by atoms with Crippen LogP contribution in [0.4, 0.5) is 5.69 Å². The van der Waals surface area contributed by atoms with Gasteiger partial charge in [-0.3, -0.25) is 0 Å². The van der Waals surface area contributed by atoms with E-state index in [1.54, 1.807) is 0 Å². The van der Waals surface area contributed by atoms with Crippen LogP contribution in [0.3, 0.4) is 0 Å². The summed E-state index contributed by atoms with van der Waals surface area (Å²) in [7, 11) is 0. The molecule has 0 aromatic heterocycles. The molecule has 2 heteroatoms. The van der Waals surface area contributed by atoms with Gasteiger partial charge >= 0.3 is 0 Å². The van der Waals surface area contributed by atoms with Crippen LogP contribution in [0.5, 0.6) is 0 Å². The number of benzene rings is 1. The van der Waals surface area contributed by atoms with Gasteiger partial charge in [-0.1, -0.05) is 23.4 Å². The maximum absolute atomic E-state index is 5.77. The van der Waals surface area contributed by atoms with Gasteiger partial charge in [0.1, 0.15) is 0 Å². The van der Waals surface area contributed by atoms with Crippen molar-refractivity contribution in [3.63, 3.8) is 0 Å². The third kappa shape index (κ3) is 2.73. The molecule has 0 saturated heterocycles. The number of hydrogen-bond donors (Lipinski definition) is 0. The average Bonchev–Trinajstić information content (AvgIpc) is 2.19. The lowest BCUT2D eigenvalue weighted by Crippen LogP contribution is -2.23. The van der Waals surface area contributed by atoms with E-state index in [1.807, 2.05) is 29.2 Å². The second kappa shape index (κ2) is 5.22. The zero-order valence-electron chi connectivity index (χ0n) is 7.70. The van der Waals surface area contributed by atoms with Gasteiger partial charge < -0.3 is 4.90 Å². The molecule has 0 aliphatic rings. The van der Waals surface area contributed by atoms with Gasteiger partial charge in [-0.15, -0.1) is 12.8 Å². The second-order valence-electron chi connectivity index (χ2n) is 2.74. The Balaban J connectivity index is 2.84. The van der Waals surface area contributed by atoms with Crippen LogP contribution in [-0.4, -0.2) is 13.1 Å². The van der Waals surface area contributed by atoms with E-state index in [0.29, 0.717) is 18.1 Å². The van der Waals surface area contributed by atoms with Crippen molar-refractivity contribution in [2.75, 3.05) is 18.0 Å². The third-order valence-electron chi connectivity index (χ3n) is 1.76. The van der Waals surface area contributed by atoms with Crippen molar-refractivity contribution in [2.24, 2.45) is 0 Å². The van der Waals surface area contributed by atoms with E-state index in [9.17, 15) is 0 Å². The zero-order chi connectivity index (χ0) is 10.4. The van der Waals surface area contributed by atoms with Gasteiger partial charge in [0.05, 0.1) is 13.1 Å². The Morgan fingerprint density at radius 1 is 1.07 bits per heavy atom. The molecular formula is C12H10ClN. The van der Waals surface area contributed by atoms with Gasteiger partial charge in [0.2, 0.25) is 0 Å². The normalized spacial score (nSPS) is 8.79. The van der Waals surface area contributed by atoms with E-state index in [4.69, 9.17) is 24.4 Å². The molecule has 1 nitrogen and oxygen atoms in total. The molecule has 0 bridgehead atoms. The average molecular weight is 204 g/mol. The van der Waals surface area contributed by atoms with E-state index in [2.05, 4.69) is 11.8 Å². The predicted molar refractivity (Wildman–Crippen MR) is 61.3 cm³/mol. The molecule has 14 heavy (non-hydrogen) atoms. The lowest BCUT2D eigenvalue weighted by molar-refractivity contribution is 0.986. The highest BCUT2D eigenvalue weighted by Gasteiger charge is 2.02. The molecule has 0 amide bonds. The maximum atomic E-state index is 5.77. The molecule has 1 rings (SSSR count). The monoisotopic (exact) mass is 203 g/mol. The summed E-state index contributed by atoms with van der Waals surface area (Å²) in [6, 6.07) is 7.43. The molecule has 0 aliphatic carbocycles. The van der Waals surface area contributed by atoms with Crippen LogP contribution in [0, 0.1) is 24.7 Å². The minimum atomic E-state index is 0.506. The number of rotatable bonds is 3. The van der Waals surface area contributed by atoms with Crippen LogP contribution in [0.2, 0.25) is 5.02 Å². The Kier molecular flexibility index (Phi) is 3.92. The summed E-state index contributed by atoms with van der Waals surface area (Å²) >= 11 is 5.77. The Morgan fingerprint density at radius 3 is 2.00 bits per heavy atom. The summed E-state index contributed by atoms with van der Waals surface area (Å²) < 4.78 is 0. The first kappa shape index (κ1) is 10.5. The molecule has 70 valence electrons. The number of halogens is 1. The number of hydrogen-bond acceptors (Lipinski definition) is 1. The molecule has 0 saturated carbocycles. The fourth-order valence-corrected chi connectivity index (χ4v) is 1.24. The summed E-state index contributed by atoms with van der Waals surface area (Å²) in [5, 5.41) is 0.704. The van der Waals surface area contributed by atoms with Crippen molar-refractivity contribution in [1.82, 2.24) is 0 Å². The third-order valence-corrected chi connectivity index (χ3v) is 2.01. The Hall–Kier alpha value is -1.57. The van der Waals surface area contributed by atoms with E-state index >= 15 is 0 Å². The van der Waals surface area contributed by atoms with Gasteiger partial charge in [-0.2, -0.15) is 0 Å². The lowest BCUT2D eigenvalue weighted by atomic mass is 10.3. The summed E-state index contributed by atoms with van der Waals surface area (Å²) in [5.74, 6) is 5.13. The van der Waals surface area contributed by atoms with E-state index in [0.717, 1.165) is 5.69 Å². The smallest absolute Gasteiger partial charge is 0.0801 e. The number of nitrogens with zero attached hydrogens (tertiary/aromatic N) is 1. The molecule has 0 N–H and O–H groups in total. The molecular weight excluding hydrogens is 194 g/mol. The predicted octanol–water partition coefficient (Wildman–Crippen LogP) is 2.41. The Labute approximate surface area is 89.7 Å². The van der Waals surface area contributed by atoms with Crippen LogP contribution in [0.25, 0.3) is 0 Å². The molecule has 0 radical (unpaired) electrons. The molecule has 0 unspecified atom stereocenters. The maximum Gasteiger partial charge on any atom is 0.0801 e. The first-order chi connectivity index (χ1) is 6.77. The van der Waals surface area contributed by atoms with Crippen LogP contribution >= 0.6 is 11.6 Å². The Morgan fingerprint density at radius 2 is 1.57 bits per heavy atom. The quantitative estimate of drug-likeness (QED) is 0.682. The van der Waals surface area contributed by atoms with Gasteiger partial charge in [-0.25, -0.2) is 0 Å². The molecule has 0 aliphatic heterocycles. The summed E-state index contributed by atoms with van der Waals surface area (Å²) in [4.78, 5) is 1.93. The highest BCUT2D eigenvalue weighted by Crippen LogP contribution is 2.17. The number of anilines is 1. The molecule has 0 atom stereocenters. The minimum absolute atomic E-state index is 0.506. The fraction of sp³-hybridized carbons (Fsp3) is 0.167. The van der Waals surface area contributed by atoms with Crippen molar-refractivity contribution >= 4 is 17.3 Å². The first-order valence-electron chi connectivity index (χ1n) is 4.15. The van der Waals surface area contributed by atoms with Crippen molar-refractivity contribution in [1.29, 1.82) is 0 Å². The summed E-state index contributed by atoms with van der Waals surface area (Å²) in [6.07, 6.45) is 10.5. The van der Waals surface area contributed by atoms with Crippen LogP contribution in [0.15, 0.2) is 24.3 Å². The van der Waals surface area contributed by atoms with Crippen LogP contribution in [-0.2, 0) is 0 Å². The molecule has 1 aromatic rings. The zero-order valence-corrected chi connectivity index (χ0v) is 8.46. The highest BCUT2D eigenvalue weighted by atomic mass is 35.5. The van der Waals surface area contributed by atoms with E-state index in [1.165, 1.54) is 0 Å². The fourth-order valence-electron chi connectivity index (χ4n) is 1.11. The second-order valence-corrected chi connectivity index (χ2v) is 3.18. The van der Waals surface area contributed by atoms with Gasteiger partial charge in [0.25, 0.3) is 0 Å². The van der Waals surface area contributed by atoms with Crippen molar-refractivity contribution in [2.45, 2.75) is 0 Å². The minimum Gasteiger partial charge on any atom is -0.349 e. The largest absolute Gasteiger partial charge is 0.349 e. The highest BCUT2D eigenvalue weighted by molar-refractivity contribution is 6.30. The summed E-state index contributed by atoms with van der Waals surface area (Å²) in [6.45, 7) is 1.01. The van der Waals surface area contributed by atoms with Crippen LogP contribution < -0.4 is 4.90 Å². The van der Waals surface area contributed by atoms with Gasteiger partial charge in [-0.05, 0) is 24.3 Å². The topological polar surface area (TPSA) is 3.24 Å². The van der Waals surface area contributed by atoms with E-state index in [-0.39, 0.29) is 0 Å². The molecule has 1 aromatic carbocycles. The van der Waals surface area contributed by atoms with Gasteiger partial charge in [0, 0.05) is 10.7 Å². The van der Waals surface area contributed by atoms with E-state index < -0.39 is 0 Å². The van der Waals surface area contributed by atoms with Gasteiger partial charge in [0.15, 0.2) is 0 Å². The lowest BCUT2D eigenvalue weighted by Gasteiger charge is -2.19. The molecule has 0 heterocycles. The van der Waals surface area contributed by atoms with Crippen LogP contribution in [0.1, 0.15) is 0 Å². The SMILES string of the molecule is C#CCN(CC#C)c1ccc(Cl)cc1.